The lowest BCUT2D eigenvalue weighted by Gasteiger charge is -2.26. The van der Waals surface area contributed by atoms with Crippen molar-refractivity contribution in [1.29, 1.82) is 5.26 Å². The zero-order chi connectivity index (χ0) is 13.5. The molecule has 18 heavy (non-hydrogen) atoms. The maximum Gasteiger partial charge on any atom is 0.308 e. The van der Waals surface area contributed by atoms with E-state index in [0.717, 1.165) is 17.7 Å². The molecular formula is C14H18N2O2. The van der Waals surface area contributed by atoms with Crippen LogP contribution in [0.3, 0.4) is 0 Å². The van der Waals surface area contributed by atoms with E-state index in [9.17, 15) is 4.79 Å². The van der Waals surface area contributed by atoms with Gasteiger partial charge in [-0.1, -0.05) is 32.0 Å². The summed E-state index contributed by atoms with van der Waals surface area (Å²) >= 11 is 0. The first-order valence-electron chi connectivity index (χ1n) is 6.02. The van der Waals surface area contributed by atoms with Gasteiger partial charge in [0.15, 0.2) is 0 Å². The van der Waals surface area contributed by atoms with Crippen molar-refractivity contribution in [1.82, 2.24) is 0 Å². The van der Waals surface area contributed by atoms with Crippen molar-refractivity contribution >= 4 is 11.7 Å². The molecule has 4 heteroatoms. The average molecular weight is 246 g/mol. The van der Waals surface area contributed by atoms with Crippen LogP contribution in [0, 0.1) is 17.2 Å². The molecule has 0 aliphatic heterocycles. The molecule has 0 aliphatic carbocycles. The Kier molecular flexibility index (Phi) is 5.19. The zero-order valence-corrected chi connectivity index (χ0v) is 10.8. The summed E-state index contributed by atoms with van der Waals surface area (Å²) in [5.74, 6) is -1.34. The van der Waals surface area contributed by atoms with Gasteiger partial charge in [-0.2, -0.15) is 5.26 Å². The first-order chi connectivity index (χ1) is 8.60. The smallest absolute Gasteiger partial charge is 0.308 e. The Balaban J connectivity index is 2.97. The van der Waals surface area contributed by atoms with E-state index < -0.39 is 11.9 Å². The van der Waals surface area contributed by atoms with Gasteiger partial charge in [-0.3, -0.25) is 4.79 Å². The largest absolute Gasteiger partial charge is 0.481 e. The minimum Gasteiger partial charge on any atom is -0.481 e. The third-order valence-electron chi connectivity index (χ3n) is 2.89. The molecule has 0 radical (unpaired) electrons. The number of rotatable bonds is 6. The fraction of sp³-hybridized carbons (Fsp3) is 0.429. The van der Waals surface area contributed by atoms with Crippen LogP contribution in [0.5, 0.6) is 0 Å². The van der Waals surface area contributed by atoms with Crippen LogP contribution in [-0.2, 0) is 11.2 Å². The second-order valence-electron chi connectivity index (χ2n) is 4.26. The highest BCUT2D eigenvalue weighted by atomic mass is 16.4. The van der Waals surface area contributed by atoms with E-state index >= 15 is 0 Å². The first-order valence-corrected chi connectivity index (χ1v) is 6.02. The van der Waals surface area contributed by atoms with Crippen LogP contribution in [0.25, 0.3) is 0 Å². The van der Waals surface area contributed by atoms with Crippen molar-refractivity contribution < 1.29 is 9.90 Å². The van der Waals surface area contributed by atoms with Crippen molar-refractivity contribution in [2.75, 3.05) is 18.0 Å². The number of aliphatic carboxylic acids is 1. The minimum atomic E-state index is -0.841. The molecule has 0 saturated carbocycles. The number of carboxylic acid groups (broad SMARTS) is 1. The summed E-state index contributed by atoms with van der Waals surface area (Å²) in [6.45, 7) is 4.25. The summed E-state index contributed by atoms with van der Waals surface area (Å²) in [5.41, 5.74) is 2.08. The summed E-state index contributed by atoms with van der Waals surface area (Å²) < 4.78 is 0. The lowest BCUT2D eigenvalue weighted by Crippen LogP contribution is -2.32. The van der Waals surface area contributed by atoms with Gasteiger partial charge in [0.25, 0.3) is 0 Å². The summed E-state index contributed by atoms with van der Waals surface area (Å²) in [4.78, 5) is 12.7. The molecule has 1 aromatic rings. The van der Waals surface area contributed by atoms with E-state index in [-0.39, 0.29) is 6.54 Å². The van der Waals surface area contributed by atoms with Gasteiger partial charge in [0, 0.05) is 12.2 Å². The van der Waals surface area contributed by atoms with Crippen LogP contribution >= 0.6 is 0 Å². The normalized spacial score (nSPS) is 11.6. The van der Waals surface area contributed by atoms with Crippen LogP contribution in [0.15, 0.2) is 24.3 Å². The van der Waals surface area contributed by atoms with Gasteiger partial charge in [-0.05, 0) is 18.1 Å². The second kappa shape index (κ2) is 6.65. The lowest BCUT2D eigenvalue weighted by molar-refractivity contribution is -0.140. The quantitative estimate of drug-likeness (QED) is 0.782. The summed E-state index contributed by atoms with van der Waals surface area (Å²) in [6.07, 6.45) is 0.861. The van der Waals surface area contributed by atoms with Crippen LogP contribution in [0.4, 0.5) is 5.69 Å². The van der Waals surface area contributed by atoms with Gasteiger partial charge in [0.05, 0.1) is 12.0 Å². The highest BCUT2D eigenvalue weighted by Crippen LogP contribution is 2.21. The lowest BCUT2D eigenvalue weighted by atomic mass is 10.1. The molecule has 0 fully saturated rings. The predicted molar refractivity (Wildman–Crippen MR) is 70.4 cm³/mol. The van der Waals surface area contributed by atoms with Crippen molar-refractivity contribution in [3.63, 3.8) is 0 Å². The maximum absolute atomic E-state index is 10.9. The van der Waals surface area contributed by atoms with Gasteiger partial charge in [0.2, 0.25) is 0 Å². The number of carboxylic acids is 1. The molecule has 0 saturated heterocycles. The Bertz CT molecular complexity index is 451. The van der Waals surface area contributed by atoms with E-state index in [1.54, 1.807) is 6.92 Å². The molecule has 1 unspecified atom stereocenters. The van der Waals surface area contributed by atoms with Crippen LogP contribution in [0.2, 0.25) is 0 Å². The number of hydrogen-bond donors (Lipinski definition) is 1. The molecule has 0 amide bonds. The SMILES string of the molecule is CCc1ccccc1N(CC#N)CC(C)C(=O)O. The summed E-state index contributed by atoms with van der Waals surface area (Å²) in [6, 6.07) is 9.89. The molecule has 0 heterocycles. The van der Waals surface area contributed by atoms with Crippen LogP contribution in [0.1, 0.15) is 19.4 Å². The molecule has 0 bridgehead atoms. The number of anilines is 1. The molecule has 0 aromatic heterocycles. The average Bonchev–Trinajstić information content (AvgIpc) is 2.38. The highest BCUT2D eigenvalue weighted by molar-refractivity contribution is 5.70. The van der Waals surface area contributed by atoms with Gasteiger partial charge in [0.1, 0.15) is 6.54 Å². The molecule has 0 spiro atoms. The van der Waals surface area contributed by atoms with Crippen LogP contribution in [-0.4, -0.2) is 24.2 Å². The van der Waals surface area contributed by atoms with Gasteiger partial charge in [-0.25, -0.2) is 0 Å². The Labute approximate surface area is 107 Å². The van der Waals surface area contributed by atoms with Gasteiger partial charge >= 0.3 is 5.97 Å². The standard InChI is InChI=1S/C14H18N2O2/c1-3-12-6-4-5-7-13(12)16(9-8-15)10-11(2)14(17)18/h4-7,11H,3,9-10H2,1-2H3,(H,17,18). The van der Waals surface area contributed by atoms with E-state index in [1.807, 2.05) is 36.1 Å². The Hall–Kier alpha value is -2.02. The Morgan fingerprint density at radius 3 is 2.72 bits per heavy atom. The number of nitrogens with zero attached hydrogens (tertiary/aromatic N) is 2. The minimum absolute atomic E-state index is 0.203. The summed E-state index contributed by atoms with van der Waals surface area (Å²) in [5, 5.41) is 17.8. The Morgan fingerprint density at radius 1 is 1.50 bits per heavy atom. The van der Waals surface area contributed by atoms with Gasteiger partial charge in [-0.15, -0.1) is 0 Å². The maximum atomic E-state index is 10.9. The molecule has 0 aliphatic rings. The molecule has 1 aromatic carbocycles. The second-order valence-corrected chi connectivity index (χ2v) is 4.26. The van der Waals surface area contributed by atoms with Crippen molar-refractivity contribution in [3.05, 3.63) is 29.8 Å². The molecule has 4 nitrogen and oxygen atoms in total. The fourth-order valence-corrected chi connectivity index (χ4v) is 1.86. The predicted octanol–water partition coefficient (Wildman–Crippen LogP) is 2.30. The number of hydrogen-bond acceptors (Lipinski definition) is 3. The monoisotopic (exact) mass is 246 g/mol. The highest BCUT2D eigenvalue weighted by Gasteiger charge is 2.17. The number of para-hydroxylation sites is 1. The van der Waals surface area contributed by atoms with E-state index in [0.29, 0.717) is 6.54 Å². The first kappa shape index (κ1) is 14.0. The Morgan fingerprint density at radius 2 is 2.17 bits per heavy atom. The third-order valence-corrected chi connectivity index (χ3v) is 2.89. The zero-order valence-electron chi connectivity index (χ0n) is 10.8. The number of aryl methyl sites for hydroxylation is 1. The molecule has 1 rings (SSSR count). The van der Waals surface area contributed by atoms with E-state index in [2.05, 4.69) is 6.07 Å². The van der Waals surface area contributed by atoms with Crippen molar-refractivity contribution in [3.8, 4) is 6.07 Å². The van der Waals surface area contributed by atoms with E-state index in [4.69, 9.17) is 10.4 Å². The van der Waals surface area contributed by atoms with Crippen molar-refractivity contribution in [2.45, 2.75) is 20.3 Å². The molecule has 1 atom stereocenters. The number of carbonyl (C=O) groups is 1. The molecule has 1 N–H and O–H groups in total. The third kappa shape index (κ3) is 3.49. The summed E-state index contributed by atoms with van der Waals surface area (Å²) in [7, 11) is 0. The topological polar surface area (TPSA) is 64.3 Å². The number of nitriles is 1. The van der Waals surface area contributed by atoms with Crippen molar-refractivity contribution in [2.24, 2.45) is 5.92 Å². The fourth-order valence-electron chi connectivity index (χ4n) is 1.86. The van der Waals surface area contributed by atoms with E-state index in [1.165, 1.54) is 0 Å². The molecular weight excluding hydrogens is 228 g/mol. The number of benzene rings is 1. The molecule has 96 valence electrons. The van der Waals surface area contributed by atoms with Crippen LogP contribution < -0.4 is 4.90 Å². The van der Waals surface area contributed by atoms with Gasteiger partial charge < -0.3 is 10.0 Å².